The molecule has 0 unspecified atom stereocenters. The summed E-state index contributed by atoms with van der Waals surface area (Å²) in [7, 11) is 0. The number of amides is 3. The molecule has 1 heterocycles. The van der Waals surface area contributed by atoms with Crippen molar-refractivity contribution in [3.05, 3.63) is 59.9 Å². The second-order valence-corrected chi connectivity index (χ2v) is 7.03. The largest absolute Gasteiger partial charge is 0.351 e. The number of nitrogens with one attached hydrogen (secondary N) is 1. The molecule has 0 bridgehead atoms. The molecule has 0 saturated carbocycles. The number of nitrogens with two attached hydrogens (primary N) is 1. The number of aryl methyl sites for hydroxylation is 1. The minimum atomic E-state index is -0.889. The van der Waals surface area contributed by atoms with E-state index in [9.17, 15) is 14.0 Å². The average Bonchev–Trinajstić information content (AvgIpc) is 3.06. The molecule has 3 N–H and O–H groups in total. The molecule has 3 aromatic rings. The van der Waals surface area contributed by atoms with E-state index in [1.807, 2.05) is 36.5 Å². The van der Waals surface area contributed by atoms with Crippen LogP contribution in [0.1, 0.15) is 12.0 Å². The Morgan fingerprint density at radius 3 is 2.54 bits per heavy atom. The predicted molar refractivity (Wildman–Crippen MR) is 105 cm³/mol. The van der Waals surface area contributed by atoms with E-state index in [-0.39, 0.29) is 6.42 Å². The van der Waals surface area contributed by atoms with Crippen molar-refractivity contribution in [2.75, 3.05) is 5.75 Å². The van der Waals surface area contributed by atoms with Crippen molar-refractivity contribution in [2.24, 2.45) is 5.73 Å². The van der Waals surface area contributed by atoms with E-state index in [0.717, 1.165) is 11.3 Å². The minimum absolute atomic E-state index is 0.0728. The Morgan fingerprint density at radius 2 is 1.86 bits per heavy atom. The lowest BCUT2D eigenvalue weighted by atomic mass is 10.2. The fourth-order valence-corrected chi connectivity index (χ4v) is 3.43. The average molecular weight is 399 g/mol. The standard InChI is InChI=1S/C19H18FN5O2S/c1-12-6-8-13(9-7-12)25-17(14-4-2-3-5-15(14)20)23-24-19(25)28-11-10-16(26)22-18(21)27/h2-9H,10-11H2,1H3,(H3,21,22,26,27). The number of carbonyl (C=O) groups excluding carboxylic acids is 2. The topological polar surface area (TPSA) is 103 Å². The van der Waals surface area contributed by atoms with Crippen LogP contribution in [0.3, 0.4) is 0 Å². The van der Waals surface area contributed by atoms with Crippen molar-refractivity contribution in [3.63, 3.8) is 0 Å². The van der Waals surface area contributed by atoms with Crippen LogP contribution in [0.4, 0.5) is 9.18 Å². The highest BCUT2D eigenvalue weighted by Crippen LogP contribution is 2.29. The number of aromatic nitrogens is 3. The summed E-state index contributed by atoms with van der Waals surface area (Å²) >= 11 is 1.28. The number of hydrogen-bond donors (Lipinski definition) is 2. The number of hydrogen-bond acceptors (Lipinski definition) is 5. The lowest BCUT2D eigenvalue weighted by molar-refractivity contribution is -0.119. The maximum atomic E-state index is 14.3. The lowest BCUT2D eigenvalue weighted by Crippen LogP contribution is -2.35. The highest BCUT2D eigenvalue weighted by molar-refractivity contribution is 7.99. The molecule has 0 aliphatic rings. The van der Waals surface area contributed by atoms with Gasteiger partial charge in [0.15, 0.2) is 11.0 Å². The number of benzene rings is 2. The predicted octanol–water partition coefficient (Wildman–Crippen LogP) is 3.06. The number of primary amides is 1. The van der Waals surface area contributed by atoms with Crippen LogP contribution in [-0.2, 0) is 4.79 Å². The number of nitrogens with zero attached hydrogens (tertiary/aromatic N) is 3. The van der Waals surface area contributed by atoms with Gasteiger partial charge in [-0.2, -0.15) is 0 Å². The molecular formula is C19H18FN5O2S. The van der Waals surface area contributed by atoms with Gasteiger partial charge < -0.3 is 5.73 Å². The van der Waals surface area contributed by atoms with Crippen LogP contribution in [0.5, 0.6) is 0 Å². The highest BCUT2D eigenvalue weighted by Gasteiger charge is 2.19. The minimum Gasteiger partial charge on any atom is -0.351 e. The van der Waals surface area contributed by atoms with Gasteiger partial charge in [-0.1, -0.05) is 41.6 Å². The van der Waals surface area contributed by atoms with Gasteiger partial charge in [-0.3, -0.25) is 14.7 Å². The monoisotopic (exact) mass is 399 g/mol. The third kappa shape index (κ3) is 4.55. The molecule has 0 aliphatic heterocycles. The van der Waals surface area contributed by atoms with Gasteiger partial charge in [0.25, 0.3) is 0 Å². The number of carbonyl (C=O) groups is 2. The Kier molecular flexibility index (Phi) is 6.05. The van der Waals surface area contributed by atoms with Crippen molar-refractivity contribution in [3.8, 4) is 17.1 Å². The quantitative estimate of drug-likeness (QED) is 0.620. The molecule has 0 aliphatic carbocycles. The summed E-state index contributed by atoms with van der Waals surface area (Å²) in [4.78, 5) is 22.3. The molecule has 3 rings (SSSR count). The van der Waals surface area contributed by atoms with Gasteiger partial charge in [0.2, 0.25) is 5.91 Å². The molecular weight excluding hydrogens is 381 g/mol. The fourth-order valence-electron chi connectivity index (χ4n) is 2.54. The van der Waals surface area contributed by atoms with Crippen LogP contribution in [-0.4, -0.2) is 32.5 Å². The maximum absolute atomic E-state index is 14.3. The van der Waals surface area contributed by atoms with Crippen LogP contribution < -0.4 is 11.1 Å². The third-order valence-electron chi connectivity index (χ3n) is 3.86. The molecule has 28 heavy (non-hydrogen) atoms. The normalized spacial score (nSPS) is 10.6. The molecule has 9 heteroatoms. The van der Waals surface area contributed by atoms with Gasteiger partial charge in [-0.05, 0) is 31.2 Å². The summed E-state index contributed by atoms with van der Waals surface area (Å²) in [5.41, 5.74) is 7.12. The molecule has 144 valence electrons. The summed E-state index contributed by atoms with van der Waals surface area (Å²) in [6.45, 7) is 1.97. The van der Waals surface area contributed by atoms with E-state index in [1.54, 1.807) is 22.8 Å². The first kappa shape index (κ1) is 19.6. The van der Waals surface area contributed by atoms with Gasteiger partial charge in [0, 0.05) is 17.9 Å². The molecule has 0 atom stereocenters. The van der Waals surface area contributed by atoms with E-state index in [0.29, 0.717) is 22.3 Å². The van der Waals surface area contributed by atoms with Gasteiger partial charge >= 0.3 is 6.03 Å². The first-order valence-electron chi connectivity index (χ1n) is 8.45. The van der Waals surface area contributed by atoms with Crippen molar-refractivity contribution in [1.29, 1.82) is 0 Å². The van der Waals surface area contributed by atoms with Crippen LogP contribution >= 0.6 is 11.8 Å². The molecule has 0 saturated heterocycles. The van der Waals surface area contributed by atoms with E-state index in [2.05, 4.69) is 10.2 Å². The Labute approximate surface area is 165 Å². The summed E-state index contributed by atoms with van der Waals surface area (Å²) < 4.78 is 16.1. The first-order valence-corrected chi connectivity index (χ1v) is 9.43. The highest BCUT2D eigenvalue weighted by atomic mass is 32.2. The molecule has 2 aromatic carbocycles. The van der Waals surface area contributed by atoms with Crippen molar-refractivity contribution in [2.45, 2.75) is 18.5 Å². The summed E-state index contributed by atoms with van der Waals surface area (Å²) in [5.74, 6) is -0.164. The Balaban J connectivity index is 1.92. The van der Waals surface area contributed by atoms with Crippen molar-refractivity contribution < 1.29 is 14.0 Å². The van der Waals surface area contributed by atoms with E-state index in [4.69, 9.17) is 5.73 Å². The first-order chi connectivity index (χ1) is 13.5. The number of urea groups is 1. The second-order valence-electron chi connectivity index (χ2n) is 5.97. The molecule has 0 fully saturated rings. The second kappa shape index (κ2) is 8.66. The smallest absolute Gasteiger partial charge is 0.318 e. The van der Waals surface area contributed by atoms with Gasteiger partial charge in [-0.25, -0.2) is 9.18 Å². The van der Waals surface area contributed by atoms with Crippen LogP contribution in [0, 0.1) is 12.7 Å². The molecule has 7 nitrogen and oxygen atoms in total. The Bertz CT molecular complexity index is 1000. The summed E-state index contributed by atoms with van der Waals surface area (Å²) in [6.07, 6.45) is 0.0728. The zero-order chi connectivity index (χ0) is 20.1. The summed E-state index contributed by atoms with van der Waals surface area (Å²) in [5, 5.41) is 10.9. The van der Waals surface area contributed by atoms with Crippen molar-refractivity contribution in [1.82, 2.24) is 20.1 Å². The molecule has 0 radical (unpaired) electrons. The zero-order valence-electron chi connectivity index (χ0n) is 15.1. The van der Waals surface area contributed by atoms with Gasteiger partial charge in [-0.15, -0.1) is 10.2 Å². The number of thioether (sulfide) groups is 1. The van der Waals surface area contributed by atoms with Gasteiger partial charge in [0.05, 0.1) is 5.56 Å². The summed E-state index contributed by atoms with van der Waals surface area (Å²) in [6, 6.07) is 13.1. The molecule has 3 amide bonds. The fraction of sp³-hybridized carbons (Fsp3) is 0.158. The Hall–Kier alpha value is -3.20. The SMILES string of the molecule is Cc1ccc(-n2c(SCCC(=O)NC(N)=O)nnc2-c2ccccc2F)cc1. The van der Waals surface area contributed by atoms with E-state index in [1.165, 1.54) is 17.8 Å². The third-order valence-corrected chi connectivity index (χ3v) is 4.79. The van der Waals surface area contributed by atoms with Crippen LogP contribution in [0.25, 0.3) is 17.1 Å². The maximum Gasteiger partial charge on any atom is 0.318 e. The zero-order valence-corrected chi connectivity index (χ0v) is 15.9. The van der Waals surface area contributed by atoms with E-state index < -0.39 is 17.8 Å². The lowest BCUT2D eigenvalue weighted by Gasteiger charge is -2.11. The van der Waals surface area contributed by atoms with E-state index >= 15 is 0 Å². The van der Waals surface area contributed by atoms with Crippen LogP contribution in [0.2, 0.25) is 0 Å². The number of imide groups is 1. The van der Waals surface area contributed by atoms with Crippen molar-refractivity contribution >= 4 is 23.7 Å². The van der Waals surface area contributed by atoms with Gasteiger partial charge in [0.1, 0.15) is 5.82 Å². The Morgan fingerprint density at radius 1 is 1.14 bits per heavy atom. The molecule has 0 spiro atoms. The number of halogens is 1. The number of rotatable bonds is 6. The molecule has 1 aromatic heterocycles. The van der Waals surface area contributed by atoms with Crippen LogP contribution in [0.15, 0.2) is 53.7 Å².